The Kier molecular flexibility index (Phi) is 5.32. The fourth-order valence-electron chi connectivity index (χ4n) is 3.81. The summed E-state index contributed by atoms with van der Waals surface area (Å²) in [7, 11) is 0. The fourth-order valence-corrected chi connectivity index (χ4v) is 4.36. The topological polar surface area (TPSA) is 65.8 Å². The number of rotatable bonds is 3. The van der Waals surface area contributed by atoms with Crippen LogP contribution < -0.4 is 0 Å². The summed E-state index contributed by atoms with van der Waals surface area (Å²) in [5, 5.41) is 11.0. The SMILES string of the molecule is Cc1c(Br)c2ccccc2n1CC(=O)N1CCN(C(=O)c2ccccc2O)CC1. The van der Waals surface area contributed by atoms with Crippen LogP contribution in [0.4, 0.5) is 0 Å². The molecule has 0 unspecified atom stereocenters. The molecule has 2 aromatic carbocycles. The van der Waals surface area contributed by atoms with Gasteiger partial charge in [0.1, 0.15) is 12.3 Å². The fraction of sp³-hybridized carbons (Fsp3) is 0.273. The molecular weight excluding hydrogens is 434 g/mol. The van der Waals surface area contributed by atoms with Gasteiger partial charge in [0.15, 0.2) is 0 Å². The minimum absolute atomic E-state index is 0.0171. The minimum Gasteiger partial charge on any atom is -0.507 e. The highest BCUT2D eigenvalue weighted by atomic mass is 79.9. The number of hydrogen-bond acceptors (Lipinski definition) is 3. The number of phenols is 1. The van der Waals surface area contributed by atoms with Crippen molar-refractivity contribution in [2.24, 2.45) is 0 Å². The van der Waals surface area contributed by atoms with Crippen molar-refractivity contribution in [3.63, 3.8) is 0 Å². The molecule has 2 heterocycles. The number of piperazine rings is 1. The molecule has 0 spiro atoms. The molecule has 1 aliphatic rings. The summed E-state index contributed by atoms with van der Waals surface area (Å²) in [6.45, 7) is 4.14. The van der Waals surface area contributed by atoms with Crippen molar-refractivity contribution >= 4 is 38.6 Å². The molecule has 0 bridgehead atoms. The number of aromatic hydroxyl groups is 1. The molecule has 150 valence electrons. The van der Waals surface area contributed by atoms with Gasteiger partial charge in [-0.2, -0.15) is 0 Å². The van der Waals surface area contributed by atoms with E-state index in [9.17, 15) is 14.7 Å². The number of carbonyl (C=O) groups is 2. The van der Waals surface area contributed by atoms with E-state index in [0.29, 0.717) is 31.7 Å². The van der Waals surface area contributed by atoms with Gasteiger partial charge < -0.3 is 19.5 Å². The second kappa shape index (κ2) is 7.91. The Balaban J connectivity index is 1.43. The number of para-hydroxylation sites is 2. The Hall–Kier alpha value is -2.80. The summed E-state index contributed by atoms with van der Waals surface area (Å²) in [6, 6.07) is 14.6. The number of nitrogens with zero attached hydrogens (tertiary/aromatic N) is 3. The van der Waals surface area contributed by atoms with E-state index in [1.807, 2.05) is 35.8 Å². The van der Waals surface area contributed by atoms with E-state index >= 15 is 0 Å². The van der Waals surface area contributed by atoms with Crippen LogP contribution in [-0.4, -0.2) is 57.5 Å². The average Bonchev–Trinajstić information content (AvgIpc) is 2.99. The monoisotopic (exact) mass is 455 g/mol. The number of halogens is 1. The molecular formula is C22H22BrN3O3. The lowest BCUT2D eigenvalue weighted by Gasteiger charge is -2.35. The Morgan fingerprint density at radius 3 is 2.31 bits per heavy atom. The Bertz CT molecular complexity index is 1080. The van der Waals surface area contributed by atoms with Crippen LogP contribution >= 0.6 is 15.9 Å². The van der Waals surface area contributed by atoms with Crippen LogP contribution in [0.15, 0.2) is 53.0 Å². The highest BCUT2D eigenvalue weighted by Gasteiger charge is 2.26. The largest absolute Gasteiger partial charge is 0.507 e. The van der Waals surface area contributed by atoms with Crippen molar-refractivity contribution in [1.29, 1.82) is 0 Å². The summed E-state index contributed by atoms with van der Waals surface area (Å²) >= 11 is 3.63. The maximum Gasteiger partial charge on any atom is 0.257 e. The third-order valence-corrected chi connectivity index (χ3v) is 6.50. The molecule has 0 atom stereocenters. The highest BCUT2D eigenvalue weighted by Crippen LogP contribution is 2.30. The van der Waals surface area contributed by atoms with Gasteiger partial charge in [-0.05, 0) is 41.1 Å². The van der Waals surface area contributed by atoms with E-state index in [1.165, 1.54) is 6.07 Å². The Morgan fingerprint density at radius 2 is 1.59 bits per heavy atom. The van der Waals surface area contributed by atoms with Crippen LogP contribution in [-0.2, 0) is 11.3 Å². The van der Waals surface area contributed by atoms with Gasteiger partial charge in [-0.25, -0.2) is 0 Å². The first kappa shape index (κ1) is 19.5. The van der Waals surface area contributed by atoms with E-state index in [2.05, 4.69) is 15.9 Å². The second-order valence-corrected chi connectivity index (χ2v) is 7.99. The van der Waals surface area contributed by atoms with Gasteiger partial charge in [-0.3, -0.25) is 9.59 Å². The van der Waals surface area contributed by atoms with E-state index < -0.39 is 0 Å². The lowest BCUT2D eigenvalue weighted by molar-refractivity contribution is -0.133. The smallest absolute Gasteiger partial charge is 0.257 e. The lowest BCUT2D eigenvalue weighted by atomic mass is 10.1. The first-order chi connectivity index (χ1) is 14.0. The lowest BCUT2D eigenvalue weighted by Crippen LogP contribution is -2.51. The van der Waals surface area contributed by atoms with Gasteiger partial charge in [0.2, 0.25) is 5.91 Å². The molecule has 1 saturated heterocycles. The van der Waals surface area contributed by atoms with E-state index in [0.717, 1.165) is 21.1 Å². The van der Waals surface area contributed by atoms with E-state index in [-0.39, 0.29) is 24.1 Å². The maximum atomic E-state index is 12.9. The molecule has 1 N–H and O–H groups in total. The number of phenolic OH excluding ortho intramolecular Hbond substituents is 1. The van der Waals surface area contributed by atoms with Gasteiger partial charge in [0.25, 0.3) is 5.91 Å². The zero-order chi connectivity index (χ0) is 20.5. The number of carbonyl (C=O) groups excluding carboxylic acids is 2. The number of benzene rings is 2. The van der Waals surface area contributed by atoms with Crippen molar-refractivity contribution in [2.75, 3.05) is 26.2 Å². The molecule has 6 nitrogen and oxygen atoms in total. The number of amides is 2. The van der Waals surface area contributed by atoms with Crippen molar-refractivity contribution in [3.05, 3.63) is 64.3 Å². The normalized spacial score (nSPS) is 14.4. The molecule has 2 amide bonds. The maximum absolute atomic E-state index is 12.9. The number of hydrogen-bond donors (Lipinski definition) is 1. The first-order valence-corrected chi connectivity index (χ1v) is 10.3. The molecule has 0 radical (unpaired) electrons. The molecule has 4 rings (SSSR count). The molecule has 0 aliphatic carbocycles. The average molecular weight is 456 g/mol. The predicted molar refractivity (Wildman–Crippen MR) is 115 cm³/mol. The molecule has 1 aromatic heterocycles. The first-order valence-electron chi connectivity index (χ1n) is 9.55. The van der Waals surface area contributed by atoms with Crippen LogP contribution in [0.5, 0.6) is 5.75 Å². The molecule has 7 heteroatoms. The summed E-state index contributed by atoms with van der Waals surface area (Å²) in [6.07, 6.45) is 0. The summed E-state index contributed by atoms with van der Waals surface area (Å²) < 4.78 is 3.04. The van der Waals surface area contributed by atoms with Gasteiger partial charge in [0, 0.05) is 47.2 Å². The van der Waals surface area contributed by atoms with Gasteiger partial charge >= 0.3 is 0 Å². The van der Waals surface area contributed by atoms with Crippen molar-refractivity contribution in [3.8, 4) is 5.75 Å². The van der Waals surface area contributed by atoms with Crippen LogP contribution in [0, 0.1) is 6.92 Å². The minimum atomic E-state index is -0.202. The van der Waals surface area contributed by atoms with Crippen molar-refractivity contribution < 1.29 is 14.7 Å². The Labute approximate surface area is 177 Å². The third kappa shape index (κ3) is 3.62. The third-order valence-electron chi connectivity index (χ3n) is 5.50. The van der Waals surface area contributed by atoms with Crippen LogP contribution in [0.1, 0.15) is 16.1 Å². The van der Waals surface area contributed by atoms with Crippen LogP contribution in [0.2, 0.25) is 0 Å². The van der Waals surface area contributed by atoms with E-state index in [4.69, 9.17) is 0 Å². The van der Waals surface area contributed by atoms with Crippen molar-refractivity contribution in [2.45, 2.75) is 13.5 Å². The van der Waals surface area contributed by atoms with Crippen LogP contribution in [0.3, 0.4) is 0 Å². The van der Waals surface area contributed by atoms with Crippen LogP contribution in [0.25, 0.3) is 10.9 Å². The number of fused-ring (bicyclic) bond motifs is 1. The summed E-state index contributed by atoms with van der Waals surface area (Å²) in [5.74, 6) is -0.182. The Morgan fingerprint density at radius 1 is 0.966 bits per heavy atom. The highest BCUT2D eigenvalue weighted by molar-refractivity contribution is 9.10. The number of aromatic nitrogens is 1. The van der Waals surface area contributed by atoms with Gasteiger partial charge in [0.05, 0.1) is 5.56 Å². The second-order valence-electron chi connectivity index (χ2n) is 7.19. The standard InChI is InChI=1S/C22H22BrN3O3/c1-15-21(23)16-6-2-4-8-18(16)26(15)14-20(28)24-10-12-25(13-11-24)22(29)17-7-3-5-9-19(17)27/h2-9,27H,10-14H2,1H3. The molecule has 1 aliphatic heterocycles. The van der Waals surface area contributed by atoms with Gasteiger partial charge in [-0.1, -0.05) is 30.3 Å². The zero-order valence-corrected chi connectivity index (χ0v) is 17.7. The quantitative estimate of drug-likeness (QED) is 0.657. The zero-order valence-electron chi connectivity index (χ0n) is 16.1. The molecule has 3 aromatic rings. The summed E-state index contributed by atoms with van der Waals surface area (Å²) in [5.41, 5.74) is 2.35. The molecule has 1 fully saturated rings. The molecule has 0 saturated carbocycles. The van der Waals surface area contributed by atoms with Crippen molar-refractivity contribution in [1.82, 2.24) is 14.4 Å². The van der Waals surface area contributed by atoms with Gasteiger partial charge in [-0.15, -0.1) is 0 Å². The summed E-state index contributed by atoms with van der Waals surface area (Å²) in [4.78, 5) is 29.0. The molecule has 29 heavy (non-hydrogen) atoms. The van der Waals surface area contributed by atoms with E-state index in [1.54, 1.807) is 28.0 Å². The predicted octanol–water partition coefficient (Wildman–Crippen LogP) is 3.40.